The van der Waals surface area contributed by atoms with E-state index in [1.807, 2.05) is 357 Å². The standard InChI is InChI=1S/C17H20N2O.C14H13NO.C13H17NO2.C11H12N2.C11H15NO2.C11H13NO.2C10H13NO2.C10H13NO.C7H9NO2S/c1-12(2)14-6-10-16(11-7-14)19-17(20)18-15-8-4-13(3)5-9-15;1-11-7-9-13(10-8-11)15-14(16)12-5-3-2-4-6-12;1-10-5-4-6-11(9-10)14-13(15)16-12-7-2-3-8-12;1-9-3-5-11(6-4-9)13-10(2)7-8-12;1-3-8-14-11(13)12-10-6-4-9(2)5-7-10;1-8-2-6-10(7-3-8)12-11(13)9-4-5-9;1-3-13-10(12)11-9-6-4-8(2)5-7-9;1-3-13-10(12)11-9-6-4-5-8(2)7-9;1-3-10(12)11-9-6-4-8(2)5-7-9;1-6-2-4-7(5-3-6)11(8,9)10/h4-12H,1-3H3,(H2,18,19,20);2-10H,1H3,(H,15,16);4-6,9,12H,2-3,7-8H2,1H3,(H,14,15);3-7,13H,1-2H3;4-7H,3,8H2,1-2H3,(H,12,13);2-3,6-7,9H,4-5H2,1H3,(H,12,13);2*4-7H,3H2,1-2H3,(H,11,12);4-7H,3H2,1-2H3,(H,11,12);2-5H,1H3,(H2,8,9,10)/b;;;10-7+;;;;;;. The van der Waals surface area contributed by atoms with Crippen LogP contribution in [0.3, 0.4) is 0 Å². The summed E-state index contributed by atoms with van der Waals surface area (Å²) < 4.78 is 41.1. The molecular weight excluding hydrogens is 1790 g/mol. The summed E-state index contributed by atoms with van der Waals surface area (Å²) >= 11 is 0. The molecule has 12 aromatic carbocycles. The summed E-state index contributed by atoms with van der Waals surface area (Å²) in [7, 11) is -3.52. The Kier molecular flexibility index (Phi) is 52.9. The highest BCUT2D eigenvalue weighted by atomic mass is 32.2. The number of nitrogens with one attached hydrogen (secondary N) is 10. The van der Waals surface area contributed by atoms with Gasteiger partial charge in [0.25, 0.3) is 5.91 Å². The fourth-order valence-corrected chi connectivity index (χ4v) is 12.6. The number of sulfonamides is 1. The van der Waals surface area contributed by atoms with E-state index in [1.54, 1.807) is 38.1 Å². The maximum atomic E-state index is 11.9. The highest BCUT2D eigenvalue weighted by Gasteiger charge is 2.29. The number of hydrogen-bond donors (Lipinski definition) is 11. The number of anilines is 10. The van der Waals surface area contributed by atoms with Gasteiger partial charge in [0, 0.05) is 86.5 Å². The van der Waals surface area contributed by atoms with Crippen molar-refractivity contribution in [2.24, 2.45) is 11.1 Å². The molecule has 2 fully saturated rings. The fourth-order valence-electron chi connectivity index (χ4n) is 12.1. The van der Waals surface area contributed by atoms with E-state index in [1.165, 1.54) is 64.4 Å². The highest BCUT2D eigenvalue weighted by molar-refractivity contribution is 7.89. The largest absolute Gasteiger partial charge is 0.450 e. The molecular formula is C114H138N12O14S. The molecule has 141 heavy (non-hydrogen) atoms. The van der Waals surface area contributed by atoms with Gasteiger partial charge >= 0.3 is 30.4 Å². The maximum absolute atomic E-state index is 11.9. The summed E-state index contributed by atoms with van der Waals surface area (Å²) in [4.78, 5) is 90.7. The Morgan fingerprint density at radius 1 is 0.376 bits per heavy atom. The Hall–Kier alpha value is -15.7. The Labute approximate surface area is 832 Å². The maximum Gasteiger partial charge on any atom is 0.411 e. The Morgan fingerprint density at radius 2 is 0.709 bits per heavy atom. The minimum Gasteiger partial charge on any atom is -0.450 e. The van der Waals surface area contributed by atoms with Crippen molar-refractivity contribution in [1.29, 1.82) is 5.26 Å². The van der Waals surface area contributed by atoms with Gasteiger partial charge in [-0.1, -0.05) is 224 Å². The van der Waals surface area contributed by atoms with E-state index in [0.717, 1.165) is 122 Å². The van der Waals surface area contributed by atoms with Crippen molar-refractivity contribution in [3.8, 4) is 6.07 Å². The van der Waals surface area contributed by atoms with Gasteiger partial charge in [0.05, 0.1) is 30.8 Å². The van der Waals surface area contributed by atoms with E-state index in [-0.39, 0.29) is 46.8 Å². The normalized spacial score (nSPS) is 11.2. The molecule has 27 heteroatoms. The molecule has 12 aromatic rings. The van der Waals surface area contributed by atoms with E-state index in [2.05, 4.69) is 67.0 Å². The third-order valence-corrected chi connectivity index (χ3v) is 21.1. The second-order valence-corrected chi connectivity index (χ2v) is 35.0. The Morgan fingerprint density at radius 3 is 1.06 bits per heavy atom. The third kappa shape index (κ3) is 51.9. The first-order valence-corrected chi connectivity index (χ1v) is 48.4. The summed E-state index contributed by atoms with van der Waals surface area (Å²) in [6.45, 7) is 34.7. The molecule has 0 saturated heterocycles. The third-order valence-electron chi connectivity index (χ3n) is 20.1. The number of nitriles is 1. The van der Waals surface area contributed by atoms with Crippen molar-refractivity contribution in [2.75, 3.05) is 73.0 Å². The molecule has 0 aromatic heterocycles. The van der Waals surface area contributed by atoms with Crippen LogP contribution in [0.2, 0.25) is 0 Å². The second kappa shape index (κ2) is 64.4. The Balaban J connectivity index is 0.000000277. The molecule has 26 nitrogen and oxygen atoms in total. The van der Waals surface area contributed by atoms with Crippen LogP contribution in [0.4, 0.5) is 80.8 Å². The quantitative estimate of drug-likeness (QED) is 0.0235. The predicted octanol–water partition coefficient (Wildman–Crippen LogP) is 27.7. The Bertz CT molecular complexity index is 5980. The van der Waals surface area contributed by atoms with Crippen molar-refractivity contribution in [2.45, 2.75) is 186 Å². The summed E-state index contributed by atoms with van der Waals surface area (Å²) in [6, 6.07) is 94.8. The lowest BCUT2D eigenvalue weighted by Gasteiger charge is -2.12. The number of benzene rings is 12. The zero-order valence-electron chi connectivity index (χ0n) is 84.0. The molecule has 0 radical (unpaired) electrons. The van der Waals surface area contributed by atoms with Crippen LogP contribution in [-0.2, 0) is 38.6 Å². The van der Waals surface area contributed by atoms with Crippen LogP contribution in [0.25, 0.3) is 0 Å². The van der Waals surface area contributed by atoms with Crippen molar-refractivity contribution < 1.29 is 65.7 Å². The number of hydrogen-bond acceptors (Lipinski definition) is 16. The number of carbonyl (C=O) groups is 8. The first-order chi connectivity index (χ1) is 67.4. The van der Waals surface area contributed by atoms with Gasteiger partial charge in [0.2, 0.25) is 21.8 Å². The van der Waals surface area contributed by atoms with Crippen molar-refractivity contribution in [3.63, 3.8) is 0 Å². The number of aryl methyl sites for hydroxylation is 10. The molecule has 0 aliphatic heterocycles. The van der Waals surface area contributed by atoms with Crippen LogP contribution >= 0.6 is 0 Å². The summed E-state index contributed by atoms with van der Waals surface area (Å²) in [6.07, 6.45) is 7.86. The first-order valence-electron chi connectivity index (χ1n) is 46.9. The van der Waals surface area contributed by atoms with Gasteiger partial charge in [0.1, 0.15) is 6.10 Å². The zero-order chi connectivity index (χ0) is 103. The molecule has 0 atom stereocenters. The SMILES string of the molecule is C/C(=C\C#N)Nc1ccc(C)cc1.CCC(=O)Nc1ccc(C)cc1.CCCOC(=O)Nc1ccc(C)cc1.CCOC(=O)Nc1ccc(C)cc1.CCOC(=O)Nc1cccc(C)c1.Cc1ccc(NC(=O)C2CC2)cc1.Cc1ccc(NC(=O)Nc2ccc(C(C)C)cc2)cc1.Cc1ccc(NC(=O)c2ccccc2)cc1.Cc1ccc(S(N)(=O)=O)cc1.Cc1cccc(NC(=O)OC2CCCC2)c1. The summed E-state index contributed by atoms with van der Waals surface area (Å²) in [5, 5.41) is 41.1. The molecule has 0 spiro atoms. The van der Waals surface area contributed by atoms with Gasteiger partial charge in [0.15, 0.2) is 0 Å². The predicted molar refractivity (Wildman–Crippen MR) is 573 cm³/mol. The fraction of sp³-hybridized carbons (Fsp3) is 0.272. The van der Waals surface area contributed by atoms with Crippen LogP contribution in [0, 0.1) is 86.5 Å². The highest BCUT2D eigenvalue weighted by Crippen LogP contribution is 2.31. The van der Waals surface area contributed by atoms with Crippen LogP contribution in [0.1, 0.15) is 177 Å². The summed E-state index contributed by atoms with van der Waals surface area (Å²) in [5.41, 5.74) is 22.6. The van der Waals surface area contributed by atoms with Gasteiger partial charge in [-0.05, 0) is 303 Å². The smallest absolute Gasteiger partial charge is 0.411 e. The molecule has 12 N–H and O–H groups in total. The van der Waals surface area contributed by atoms with E-state index in [9.17, 15) is 46.8 Å². The van der Waals surface area contributed by atoms with E-state index < -0.39 is 28.3 Å². The number of nitrogens with two attached hydrogens (primary N) is 1. The van der Waals surface area contributed by atoms with E-state index in [4.69, 9.17) is 29.3 Å². The molecule has 14 rings (SSSR count). The topological polar surface area (TPSA) is 378 Å². The van der Waals surface area contributed by atoms with Crippen molar-refractivity contribution in [3.05, 3.63) is 376 Å². The van der Waals surface area contributed by atoms with Crippen molar-refractivity contribution in [1.82, 2.24) is 0 Å². The number of allylic oxidation sites excluding steroid dienone is 2. The van der Waals surface area contributed by atoms with E-state index in [0.29, 0.717) is 37.7 Å². The molecule has 0 unspecified atom stereocenters. The number of urea groups is 1. The summed E-state index contributed by atoms with van der Waals surface area (Å²) in [5.74, 6) is 0.916. The molecule has 9 amide bonds. The molecule has 744 valence electrons. The van der Waals surface area contributed by atoms with Crippen LogP contribution in [-0.4, -0.2) is 82.5 Å². The average Bonchev–Trinajstić information content (AvgIpc) is 0.928. The minimum absolute atomic E-state index is 0.0545. The monoisotopic (exact) mass is 1930 g/mol. The molecule has 2 aliphatic rings. The molecule has 0 heterocycles. The number of carbonyl (C=O) groups excluding carboxylic acids is 8. The van der Waals surface area contributed by atoms with Gasteiger partial charge in [-0.25, -0.2) is 37.5 Å². The second-order valence-electron chi connectivity index (χ2n) is 33.5. The molecule has 2 aliphatic carbocycles. The minimum atomic E-state index is -3.52. The number of ether oxygens (including phenoxy) is 4. The average molecular weight is 1930 g/mol. The van der Waals surface area contributed by atoms with Gasteiger partial charge in [-0.15, -0.1) is 0 Å². The van der Waals surface area contributed by atoms with E-state index >= 15 is 0 Å². The number of amides is 9. The first kappa shape index (κ1) is 116. The van der Waals surface area contributed by atoms with Gasteiger partial charge < -0.3 is 50.8 Å². The number of primary sulfonamides is 1. The van der Waals surface area contributed by atoms with Gasteiger partial charge in [-0.2, -0.15) is 5.26 Å². The lowest BCUT2D eigenvalue weighted by atomic mass is 10.0. The number of nitrogens with zero attached hydrogens (tertiary/aromatic N) is 1. The van der Waals surface area contributed by atoms with Crippen LogP contribution in [0.5, 0.6) is 0 Å². The van der Waals surface area contributed by atoms with Gasteiger partial charge in [-0.3, -0.25) is 35.7 Å². The molecule has 0 bridgehead atoms. The van der Waals surface area contributed by atoms with Crippen LogP contribution in [0.15, 0.2) is 314 Å². The number of rotatable bonds is 21. The van der Waals surface area contributed by atoms with Crippen LogP contribution < -0.4 is 58.3 Å². The zero-order valence-corrected chi connectivity index (χ0v) is 84.8. The lowest BCUT2D eigenvalue weighted by Crippen LogP contribution is -2.20. The molecule has 2 saturated carbocycles. The lowest BCUT2D eigenvalue weighted by molar-refractivity contribution is -0.117. The van der Waals surface area contributed by atoms with Crippen molar-refractivity contribution >= 4 is 115 Å².